The first-order chi connectivity index (χ1) is 7.69. The molecule has 0 saturated heterocycles. The standard InChI is InChI=1S/C14H29NO/c1-4-6-11-15(12(3)5-2)13-7-9-14(16)10-8-13/h12-14,16H,4-11H2,1-3H3. The van der Waals surface area contributed by atoms with Gasteiger partial charge in [-0.2, -0.15) is 0 Å². The van der Waals surface area contributed by atoms with Crippen molar-refractivity contribution in [1.82, 2.24) is 4.90 Å². The molecular weight excluding hydrogens is 198 g/mol. The molecule has 0 aliphatic heterocycles. The van der Waals surface area contributed by atoms with Crippen LogP contribution in [0.3, 0.4) is 0 Å². The van der Waals surface area contributed by atoms with Crippen LogP contribution < -0.4 is 0 Å². The molecule has 1 atom stereocenters. The Hall–Kier alpha value is -0.0800. The Labute approximate surface area is 101 Å². The fraction of sp³-hybridized carbons (Fsp3) is 1.00. The van der Waals surface area contributed by atoms with Crippen LogP contribution in [0.5, 0.6) is 0 Å². The van der Waals surface area contributed by atoms with Gasteiger partial charge < -0.3 is 5.11 Å². The van der Waals surface area contributed by atoms with E-state index in [2.05, 4.69) is 25.7 Å². The van der Waals surface area contributed by atoms with Crippen LogP contribution in [0.25, 0.3) is 0 Å². The van der Waals surface area contributed by atoms with Gasteiger partial charge in [-0.05, 0) is 52.0 Å². The molecule has 16 heavy (non-hydrogen) atoms. The van der Waals surface area contributed by atoms with Gasteiger partial charge in [-0.15, -0.1) is 0 Å². The molecular formula is C14H29NO. The zero-order valence-corrected chi connectivity index (χ0v) is 11.3. The maximum atomic E-state index is 9.56. The lowest BCUT2D eigenvalue weighted by Gasteiger charge is -2.39. The van der Waals surface area contributed by atoms with Crippen molar-refractivity contribution >= 4 is 0 Å². The number of hydrogen-bond donors (Lipinski definition) is 1. The molecule has 0 radical (unpaired) electrons. The molecule has 96 valence electrons. The van der Waals surface area contributed by atoms with Crippen molar-refractivity contribution in [3.8, 4) is 0 Å². The molecule has 1 aliphatic rings. The molecule has 1 aliphatic carbocycles. The van der Waals surface area contributed by atoms with Crippen LogP contribution in [0, 0.1) is 0 Å². The average molecular weight is 227 g/mol. The summed E-state index contributed by atoms with van der Waals surface area (Å²) in [6, 6.07) is 1.43. The summed E-state index contributed by atoms with van der Waals surface area (Å²) in [6.07, 6.45) is 8.19. The molecule has 0 spiro atoms. The van der Waals surface area contributed by atoms with E-state index in [4.69, 9.17) is 0 Å². The first kappa shape index (κ1) is 14.0. The zero-order valence-electron chi connectivity index (χ0n) is 11.3. The quantitative estimate of drug-likeness (QED) is 0.753. The van der Waals surface area contributed by atoms with Gasteiger partial charge >= 0.3 is 0 Å². The van der Waals surface area contributed by atoms with Crippen LogP contribution in [-0.2, 0) is 0 Å². The number of unbranched alkanes of at least 4 members (excludes halogenated alkanes) is 1. The minimum atomic E-state index is -0.0267. The van der Waals surface area contributed by atoms with Crippen LogP contribution in [0.2, 0.25) is 0 Å². The minimum Gasteiger partial charge on any atom is -0.393 e. The van der Waals surface area contributed by atoms with Crippen molar-refractivity contribution in [2.45, 2.75) is 83.9 Å². The Balaban J connectivity index is 2.47. The van der Waals surface area contributed by atoms with E-state index < -0.39 is 0 Å². The van der Waals surface area contributed by atoms with Gasteiger partial charge in [-0.1, -0.05) is 20.3 Å². The lowest BCUT2D eigenvalue weighted by molar-refractivity contribution is 0.0538. The van der Waals surface area contributed by atoms with Gasteiger partial charge in [0.05, 0.1) is 6.10 Å². The first-order valence-corrected chi connectivity index (χ1v) is 7.12. The van der Waals surface area contributed by atoms with Crippen molar-refractivity contribution in [3.05, 3.63) is 0 Å². The van der Waals surface area contributed by atoms with E-state index in [1.807, 2.05) is 0 Å². The van der Waals surface area contributed by atoms with E-state index in [0.717, 1.165) is 18.9 Å². The van der Waals surface area contributed by atoms with Gasteiger partial charge in [-0.3, -0.25) is 4.90 Å². The molecule has 1 fully saturated rings. The third-order valence-corrected chi connectivity index (χ3v) is 4.06. The highest BCUT2D eigenvalue weighted by molar-refractivity contribution is 4.82. The van der Waals surface area contributed by atoms with Crippen LogP contribution in [0.15, 0.2) is 0 Å². The smallest absolute Gasteiger partial charge is 0.0541 e. The van der Waals surface area contributed by atoms with E-state index in [-0.39, 0.29) is 6.10 Å². The van der Waals surface area contributed by atoms with Crippen molar-refractivity contribution < 1.29 is 5.11 Å². The lowest BCUT2D eigenvalue weighted by atomic mass is 9.90. The summed E-state index contributed by atoms with van der Waals surface area (Å²) in [7, 11) is 0. The number of rotatable bonds is 6. The summed E-state index contributed by atoms with van der Waals surface area (Å²) in [6.45, 7) is 8.13. The average Bonchev–Trinajstić information content (AvgIpc) is 2.31. The largest absolute Gasteiger partial charge is 0.393 e. The molecule has 2 nitrogen and oxygen atoms in total. The summed E-state index contributed by atoms with van der Waals surface area (Å²) < 4.78 is 0. The molecule has 1 unspecified atom stereocenters. The second kappa shape index (κ2) is 7.29. The summed E-state index contributed by atoms with van der Waals surface area (Å²) in [5.41, 5.74) is 0. The number of hydrogen-bond acceptors (Lipinski definition) is 2. The second-order valence-electron chi connectivity index (χ2n) is 5.31. The Bertz CT molecular complexity index is 176. The first-order valence-electron chi connectivity index (χ1n) is 7.12. The van der Waals surface area contributed by atoms with Crippen molar-refractivity contribution in [1.29, 1.82) is 0 Å². The summed E-state index contributed by atoms with van der Waals surface area (Å²) in [5, 5.41) is 9.56. The predicted octanol–water partition coefficient (Wildman–Crippen LogP) is 3.19. The number of aliphatic hydroxyl groups is 1. The van der Waals surface area contributed by atoms with Crippen LogP contribution >= 0.6 is 0 Å². The van der Waals surface area contributed by atoms with Gasteiger partial charge in [0.2, 0.25) is 0 Å². The lowest BCUT2D eigenvalue weighted by Crippen LogP contribution is -2.44. The highest BCUT2D eigenvalue weighted by Gasteiger charge is 2.26. The van der Waals surface area contributed by atoms with E-state index in [9.17, 15) is 5.11 Å². The van der Waals surface area contributed by atoms with Gasteiger partial charge in [0.1, 0.15) is 0 Å². The normalized spacial score (nSPS) is 28.3. The second-order valence-corrected chi connectivity index (χ2v) is 5.31. The summed E-state index contributed by atoms with van der Waals surface area (Å²) in [4.78, 5) is 2.69. The maximum Gasteiger partial charge on any atom is 0.0541 e. The third kappa shape index (κ3) is 4.06. The molecule has 1 saturated carbocycles. The van der Waals surface area contributed by atoms with Crippen LogP contribution in [0.4, 0.5) is 0 Å². The van der Waals surface area contributed by atoms with Crippen molar-refractivity contribution in [3.63, 3.8) is 0 Å². The summed E-state index contributed by atoms with van der Waals surface area (Å²) in [5.74, 6) is 0. The van der Waals surface area contributed by atoms with Gasteiger partial charge in [-0.25, -0.2) is 0 Å². The van der Waals surface area contributed by atoms with Gasteiger partial charge in [0.25, 0.3) is 0 Å². The Kier molecular flexibility index (Phi) is 6.37. The Morgan fingerprint density at radius 1 is 1.19 bits per heavy atom. The van der Waals surface area contributed by atoms with Crippen molar-refractivity contribution in [2.24, 2.45) is 0 Å². The topological polar surface area (TPSA) is 23.5 Å². The molecule has 0 amide bonds. The molecule has 0 aromatic heterocycles. The van der Waals surface area contributed by atoms with E-state index >= 15 is 0 Å². The maximum absolute atomic E-state index is 9.56. The molecule has 0 aromatic carbocycles. The number of aliphatic hydroxyl groups excluding tert-OH is 1. The minimum absolute atomic E-state index is 0.0267. The highest BCUT2D eigenvalue weighted by atomic mass is 16.3. The molecule has 0 heterocycles. The van der Waals surface area contributed by atoms with Crippen LogP contribution in [0.1, 0.15) is 65.7 Å². The van der Waals surface area contributed by atoms with Crippen LogP contribution in [-0.4, -0.2) is 34.7 Å². The zero-order chi connectivity index (χ0) is 12.0. The fourth-order valence-electron chi connectivity index (χ4n) is 2.73. The van der Waals surface area contributed by atoms with E-state index in [1.54, 1.807) is 0 Å². The van der Waals surface area contributed by atoms with Crippen molar-refractivity contribution in [2.75, 3.05) is 6.54 Å². The molecule has 1 rings (SSSR count). The Morgan fingerprint density at radius 3 is 2.31 bits per heavy atom. The molecule has 0 aromatic rings. The summed E-state index contributed by atoms with van der Waals surface area (Å²) >= 11 is 0. The van der Waals surface area contributed by atoms with E-state index in [0.29, 0.717) is 6.04 Å². The number of nitrogens with zero attached hydrogens (tertiary/aromatic N) is 1. The molecule has 0 bridgehead atoms. The van der Waals surface area contributed by atoms with Gasteiger partial charge in [0, 0.05) is 12.1 Å². The molecule has 2 heteroatoms. The van der Waals surface area contributed by atoms with E-state index in [1.165, 1.54) is 38.6 Å². The third-order valence-electron chi connectivity index (χ3n) is 4.06. The SMILES string of the molecule is CCCCN(C(C)CC)C1CCC(O)CC1. The Morgan fingerprint density at radius 2 is 1.81 bits per heavy atom. The highest BCUT2D eigenvalue weighted by Crippen LogP contribution is 2.25. The fourth-order valence-corrected chi connectivity index (χ4v) is 2.73. The molecule has 1 N–H and O–H groups in total. The monoisotopic (exact) mass is 227 g/mol. The van der Waals surface area contributed by atoms with Gasteiger partial charge in [0.15, 0.2) is 0 Å². The predicted molar refractivity (Wildman–Crippen MR) is 69.6 cm³/mol.